The van der Waals surface area contributed by atoms with Gasteiger partial charge in [0.2, 0.25) is 10.0 Å². The molecule has 1 aliphatic rings. The van der Waals surface area contributed by atoms with Crippen molar-refractivity contribution >= 4 is 27.5 Å². The van der Waals surface area contributed by atoms with Crippen molar-refractivity contribution in [3.63, 3.8) is 0 Å². The van der Waals surface area contributed by atoms with Crippen molar-refractivity contribution in [1.82, 2.24) is 9.21 Å². The van der Waals surface area contributed by atoms with E-state index < -0.39 is 10.0 Å². The lowest BCUT2D eigenvalue weighted by Gasteiger charge is -2.26. The van der Waals surface area contributed by atoms with Gasteiger partial charge in [-0.2, -0.15) is 4.31 Å². The highest BCUT2D eigenvalue weighted by Gasteiger charge is 2.27. The number of ether oxygens (including phenoxy) is 1. The summed E-state index contributed by atoms with van der Waals surface area (Å²) in [5.41, 5.74) is 1.18. The molecule has 1 aromatic heterocycles. The van der Waals surface area contributed by atoms with Gasteiger partial charge < -0.3 is 14.1 Å². The Morgan fingerprint density at radius 1 is 1.06 bits per heavy atom. The van der Waals surface area contributed by atoms with Gasteiger partial charge in [-0.3, -0.25) is 4.79 Å². The number of nitrogens with zero attached hydrogens (tertiary/aromatic N) is 2. The van der Waals surface area contributed by atoms with E-state index in [4.69, 9.17) is 20.8 Å². The van der Waals surface area contributed by atoms with Crippen LogP contribution >= 0.6 is 11.6 Å². The van der Waals surface area contributed by atoms with E-state index in [-0.39, 0.29) is 17.3 Å². The van der Waals surface area contributed by atoms with Crippen molar-refractivity contribution in [2.75, 3.05) is 33.4 Å². The number of carbonyl (C=O) groups excluding carboxylic acids is 1. The molecule has 1 aliphatic heterocycles. The van der Waals surface area contributed by atoms with E-state index in [2.05, 4.69) is 0 Å². The molecule has 4 rings (SSSR count). The molecule has 2 aromatic carbocycles. The summed E-state index contributed by atoms with van der Waals surface area (Å²) in [6.07, 6.45) is 0. The number of morpholine rings is 1. The quantitative estimate of drug-likeness (QED) is 0.541. The predicted octanol–water partition coefficient (Wildman–Crippen LogP) is 3.89. The first-order valence-electron chi connectivity index (χ1n) is 10.1. The van der Waals surface area contributed by atoms with E-state index >= 15 is 0 Å². The summed E-state index contributed by atoms with van der Waals surface area (Å²) in [5, 5.41) is 0.642. The monoisotopic (exact) mass is 474 g/mol. The van der Waals surface area contributed by atoms with Crippen LogP contribution in [0.5, 0.6) is 0 Å². The topological polar surface area (TPSA) is 80.1 Å². The smallest absolute Gasteiger partial charge is 0.254 e. The second-order valence-electron chi connectivity index (χ2n) is 7.48. The van der Waals surface area contributed by atoms with Crippen LogP contribution in [0.4, 0.5) is 0 Å². The third kappa shape index (κ3) is 4.88. The van der Waals surface area contributed by atoms with Crippen molar-refractivity contribution in [1.29, 1.82) is 0 Å². The Balaban J connectivity index is 1.47. The first-order valence-corrected chi connectivity index (χ1v) is 11.9. The third-order valence-corrected chi connectivity index (χ3v) is 7.37. The number of benzene rings is 2. The number of hydrogen-bond donors (Lipinski definition) is 0. The molecule has 1 fully saturated rings. The number of carbonyl (C=O) groups is 1. The molecule has 0 spiro atoms. The molecule has 0 atom stereocenters. The zero-order valence-electron chi connectivity index (χ0n) is 17.5. The number of furan rings is 1. The summed E-state index contributed by atoms with van der Waals surface area (Å²) in [6.45, 7) is 1.57. The maximum Gasteiger partial charge on any atom is 0.254 e. The molecule has 168 valence electrons. The zero-order valence-corrected chi connectivity index (χ0v) is 19.1. The highest BCUT2D eigenvalue weighted by atomic mass is 35.5. The summed E-state index contributed by atoms with van der Waals surface area (Å²) in [4.78, 5) is 14.5. The van der Waals surface area contributed by atoms with Crippen LogP contribution in [-0.2, 0) is 21.3 Å². The van der Waals surface area contributed by atoms with Gasteiger partial charge in [0.25, 0.3) is 5.91 Å². The van der Waals surface area contributed by atoms with Crippen molar-refractivity contribution in [3.8, 4) is 11.3 Å². The summed E-state index contributed by atoms with van der Waals surface area (Å²) in [7, 11) is -2.03. The van der Waals surface area contributed by atoms with Gasteiger partial charge in [-0.15, -0.1) is 0 Å². The summed E-state index contributed by atoms with van der Waals surface area (Å²) in [5.74, 6) is 0.993. The molecule has 7 nitrogen and oxygen atoms in total. The highest BCUT2D eigenvalue weighted by Crippen LogP contribution is 2.25. The van der Waals surface area contributed by atoms with Crippen LogP contribution in [0.25, 0.3) is 11.3 Å². The number of rotatable bonds is 6. The fraction of sp³-hybridized carbons (Fsp3) is 0.261. The van der Waals surface area contributed by atoms with Gasteiger partial charge in [0.1, 0.15) is 11.5 Å². The standard InChI is InChI=1S/C23H23ClN2O5S/c1-25(16-20-9-10-22(31-20)17-5-7-19(24)8-6-17)23(27)18-3-2-4-21(15-18)32(28,29)26-11-13-30-14-12-26/h2-10,15H,11-14,16H2,1H3. The van der Waals surface area contributed by atoms with Gasteiger partial charge >= 0.3 is 0 Å². The van der Waals surface area contributed by atoms with Gasteiger partial charge in [0, 0.05) is 36.3 Å². The summed E-state index contributed by atoms with van der Waals surface area (Å²) >= 11 is 5.93. The summed E-state index contributed by atoms with van der Waals surface area (Å²) in [6, 6.07) is 17.1. The normalized spacial score (nSPS) is 14.9. The third-order valence-electron chi connectivity index (χ3n) is 5.22. The van der Waals surface area contributed by atoms with Crippen LogP contribution in [0.15, 0.2) is 70.0 Å². The molecule has 3 aromatic rings. The Hall–Kier alpha value is -2.65. The van der Waals surface area contributed by atoms with Crippen LogP contribution in [-0.4, -0.2) is 56.9 Å². The fourth-order valence-corrected chi connectivity index (χ4v) is 5.06. The lowest BCUT2D eigenvalue weighted by molar-refractivity contribution is 0.0730. The van der Waals surface area contributed by atoms with E-state index in [1.165, 1.54) is 21.3 Å². The van der Waals surface area contributed by atoms with Crippen LogP contribution < -0.4 is 0 Å². The number of halogens is 1. The van der Waals surface area contributed by atoms with E-state index in [1.54, 1.807) is 31.3 Å². The molecule has 0 bridgehead atoms. The number of amides is 1. The Morgan fingerprint density at radius 3 is 2.50 bits per heavy atom. The van der Waals surface area contributed by atoms with Crippen LogP contribution in [0, 0.1) is 0 Å². The molecular formula is C23H23ClN2O5S. The molecule has 0 radical (unpaired) electrons. The SMILES string of the molecule is CN(Cc1ccc(-c2ccc(Cl)cc2)o1)C(=O)c1cccc(S(=O)(=O)N2CCOCC2)c1. The van der Waals surface area contributed by atoms with Crippen molar-refractivity contribution in [3.05, 3.63) is 77.0 Å². The number of sulfonamides is 1. The van der Waals surface area contributed by atoms with Gasteiger partial charge in [0.15, 0.2) is 0 Å². The maximum absolute atomic E-state index is 13.0. The zero-order chi connectivity index (χ0) is 22.7. The lowest BCUT2D eigenvalue weighted by atomic mass is 10.2. The minimum Gasteiger partial charge on any atom is -0.459 e. The molecule has 2 heterocycles. The fourth-order valence-electron chi connectivity index (χ4n) is 3.48. The van der Waals surface area contributed by atoms with Crippen LogP contribution in [0.1, 0.15) is 16.1 Å². The second kappa shape index (κ2) is 9.46. The van der Waals surface area contributed by atoms with Gasteiger partial charge in [-0.25, -0.2) is 8.42 Å². The van der Waals surface area contributed by atoms with E-state index in [1.807, 2.05) is 24.3 Å². The van der Waals surface area contributed by atoms with Gasteiger partial charge in [-0.05, 0) is 54.6 Å². The Morgan fingerprint density at radius 2 is 1.78 bits per heavy atom. The summed E-state index contributed by atoms with van der Waals surface area (Å²) < 4.78 is 38.3. The van der Waals surface area contributed by atoms with E-state index in [0.717, 1.165) is 5.56 Å². The first-order chi connectivity index (χ1) is 15.3. The van der Waals surface area contributed by atoms with Crippen LogP contribution in [0.2, 0.25) is 5.02 Å². The first kappa shape index (κ1) is 22.5. The second-order valence-corrected chi connectivity index (χ2v) is 9.85. The van der Waals surface area contributed by atoms with Crippen molar-refractivity contribution in [2.45, 2.75) is 11.4 Å². The molecule has 0 N–H and O–H groups in total. The largest absolute Gasteiger partial charge is 0.459 e. The minimum atomic E-state index is -3.68. The van der Waals surface area contributed by atoms with Gasteiger partial charge in [-0.1, -0.05) is 17.7 Å². The molecule has 1 saturated heterocycles. The highest BCUT2D eigenvalue weighted by molar-refractivity contribution is 7.89. The minimum absolute atomic E-state index is 0.0988. The Bertz CT molecular complexity index is 1200. The molecular weight excluding hydrogens is 452 g/mol. The Labute approximate surface area is 192 Å². The molecule has 0 aliphatic carbocycles. The predicted molar refractivity (Wildman–Crippen MR) is 121 cm³/mol. The average Bonchev–Trinajstić information content (AvgIpc) is 3.28. The molecule has 1 amide bonds. The van der Waals surface area contributed by atoms with Crippen molar-refractivity contribution < 1.29 is 22.4 Å². The molecule has 0 unspecified atom stereocenters. The average molecular weight is 475 g/mol. The van der Waals surface area contributed by atoms with E-state index in [0.29, 0.717) is 48.4 Å². The van der Waals surface area contributed by atoms with Gasteiger partial charge in [0.05, 0.1) is 24.7 Å². The molecule has 9 heteroatoms. The molecule has 0 saturated carbocycles. The number of hydrogen-bond acceptors (Lipinski definition) is 5. The lowest BCUT2D eigenvalue weighted by Crippen LogP contribution is -2.40. The van der Waals surface area contributed by atoms with Crippen molar-refractivity contribution in [2.24, 2.45) is 0 Å². The van der Waals surface area contributed by atoms with E-state index in [9.17, 15) is 13.2 Å². The van der Waals surface area contributed by atoms with Crippen LogP contribution in [0.3, 0.4) is 0 Å². The maximum atomic E-state index is 13.0. The Kier molecular flexibility index (Phi) is 6.66. The molecule has 32 heavy (non-hydrogen) atoms.